The predicted octanol–water partition coefficient (Wildman–Crippen LogP) is 4.99. The number of anilines is 2. The zero-order valence-electron chi connectivity index (χ0n) is 14.5. The molecule has 2 aromatic rings. The highest BCUT2D eigenvalue weighted by atomic mass is 32.3. The first-order chi connectivity index (χ1) is 12.1. The number of fused-ring (bicyclic) bond motifs is 1. The number of unbranched alkanes of at least 4 members (excludes halogenated alkanes) is 1. The summed E-state index contributed by atoms with van der Waals surface area (Å²) in [5.74, 6) is 0.677. The van der Waals surface area contributed by atoms with Crippen molar-refractivity contribution >= 4 is 22.2 Å². The first-order valence-electron chi connectivity index (χ1n) is 8.73. The third-order valence-corrected chi connectivity index (χ3v) is 6.20. The van der Waals surface area contributed by atoms with Gasteiger partial charge in [-0.05, 0) is 37.2 Å². The molecular formula is C19H26N2O3S. The van der Waals surface area contributed by atoms with Crippen molar-refractivity contribution < 1.29 is 13.8 Å². The van der Waals surface area contributed by atoms with Gasteiger partial charge in [0.25, 0.3) is 0 Å². The second-order valence-corrected chi connectivity index (χ2v) is 8.11. The molecule has 0 radical (unpaired) electrons. The fourth-order valence-electron chi connectivity index (χ4n) is 2.91. The maximum Gasteiger partial charge on any atom is 0.207 e. The van der Waals surface area contributed by atoms with Gasteiger partial charge in [0, 0.05) is 13.0 Å². The average Bonchev–Trinajstić information content (AvgIpc) is 2.62. The van der Waals surface area contributed by atoms with Gasteiger partial charge in [-0.1, -0.05) is 54.5 Å². The molecule has 3 rings (SSSR count). The second-order valence-electron chi connectivity index (χ2n) is 6.10. The Morgan fingerprint density at radius 3 is 2.52 bits per heavy atom. The molecule has 1 aliphatic rings. The lowest BCUT2D eigenvalue weighted by Crippen LogP contribution is -2.40. The minimum Gasteiger partial charge on any atom is -0.466 e. The van der Waals surface area contributed by atoms with Crippen LogP contribution in [0.3, 0.4) is 0 Å². The molecule has 6 heteroatoms. The Hall–Kier alpha value is -1.73. The van der Waals surface area contributed by atoms with Crippen LogP contribution in [0.15, 0.2) is 54.6 Å². The van der Waals surface area contributed by atoms with Crippen molar-refractivity contribution in [2.75, 3.05) is 17.4 Å². The van der Waals surface area contributed by atoms with Crippen LogP contribution in [-0.4, -0.2) is 27.6 Å². The first-order valence-corrected chi connectivity index (χ1v) is 10.3. The lowest BCUT2D eigenvalue weighted by Gasteiger charge is -2.51. The lowest BCUT2D eigenvalue weighted by molar-refractivity contribution is 0.237. The fourth-order valence-corrected chi connectivity index (χ4v) is 4.69. The van der Waals surface area contributed by atoms with Gasteiger partial charge >= 0.3 is 0 Å². The summed E-state index contributed by atoms with van der Waals surface area (Å²) in [7, 11) is -3.15. The van der Waals surface area contributed by atoms with Crippen molar-refractivity contribution in [1.29, 1.82) is 0 Å². The van der Waals surface area contributed by atoms with E-state index in [1.54, 1.807) is 4.31 Å². The number of benzene rings is 2. The molecule has 0 fully saturated rings. The van der Waals surface area contributed by atoms with Gasteiger partial charge in [0.1, 0.15) is 11.4 Å². The van der Waals surface area contributed by atoms with Crippen molar-refractivity contribution in [3.63, 3.8) is 0 Å². The van der Waals surface area contributed by atoms with E-state index >= 15 is 0 Å². The van der Waals surface area contributed by atoms with Crippen LogP contribution in [0.4, 0.5) is 11.4 Å². The SMILES string of the molecule is CCCCNCCC1Oc2ccccc2N(c2ccccc2)S1(O)O. The number of nitrogens with zero attached hydrogens (tertiary/aromatic N) is 1. The molecule has 5 nitrogen and oxygen atoms in total. The first kappa shape index (κ1) is 18.1. The molecule has 2 aromatic carbocycles. The van der Waals surface area contributed by atoms with Crippen molar-refractivity contribution in [3.8, 4) is 5.75 Å². The zero-order valence-corrected chi connectivity index (χ0v) is 15.3. The maximum atomic E-state index is 11.0. The van der Waals surface area contributed by atoms with E-state index in [9.17, 15) is 9.11 Å². The Labute approximate surface area is 151 Å². The van der Waals surface area contributed by atoms with E-state index in [0.29, 0.717) is 24.4 Å². The Balaban J connectivity index is 1.85. The molecule has 0 aromatic heterocycles. The smallest absolute Gasteiger partial charge is 0.207 e. The van der Waals surface area contributed by atoms with Crippen LogP contribution < -0.4 is 14.4 Å². The van der Waals surface area contributed by atoms with Gasteiger partial charge in [0.15, 0.2) is 0 Å². The Bertz CT molecular complexity index is 681. The second kappa shape index (κ2) is 8.10. The molecule has 0 amide bonds. The minimum absolute atomic E-state index is 0.531. The summed E-state index contributed by atoms with van der Waals surface area (Å²) in [5, 5.41) is 3.34. The number of nitrogens with one attached hydrogen (secondary N) is 1. The molecule has 1 aliphatic heterocycles. The van der Waals surface area contributed by atoms with Gasteiger partial charge in [0.2, 0.25) is 5.44 Å². The Morgan fingerprint density at radius 1 is 1.04 bits per heavy atom. The highest BCUT2D eigenvalue weighted by Gasteiger charge is 2.40. The maximum absolute atomic E-state index is 11.0. The summed E-state index contributed by atoms with van der Waals surface area (Å²) in [6.45, 7) is 3.77. The fraction of sp³-hybridized carbons (Fsp3) is 0.368. The Kier molecular flexibility index (Phi) is 5.86. The number of hydrogen-bond donors (Lipinski definition) is 3. The summed E-state index contributed by atoms with van der Waals surface area (Å²) in [6.07, 6.45) is 2.78. The van der Waals surface area contributed by atoms with E-state index < -0.39 is 16.2 Å². The number of para-hydroxylation sites is 3. The molecule has 0 spiro atoms. The average molecular weight is 362 g/mol. The number of ether oxygens (including phenoxy) is 1. The lowest BCUT2D eigenvalue weighted by atomic mass is 10.2. The van der Waals surface area contributed by atoms with Crippen molar-refractivity contribution in [2.24, 2.45) is 0 Å². The van der Waals surface area contributed by atoms with Crippen LogP contribution in [0.5, 0.6) is 5.75 Å². The quantitative estimate of drug-likeness (QED) is 0.606. The van der Waals surface area contributed by atoms with E-state index in [1.807, 2.05) is 54.6 Å². The zero-order chi connectivity index (χ0) is 17.7. The van der Waals surface area contributed by atoms with Crippen LogP contribution in [0.1, 0.15) is 26.2 Å². The Morgan fingerprint density at radius 2 is 1.76 bits per heavy atom. The highest BCUT2D eigenvalue weighted by molar-refractivity contribution is 8.26. The van der Waals surface area contributed by atoms with E-state index in [1.165, 1.54) is 0 Å². The van der Waals surface area contributed by atoms with Crippen molar-refractivity contribution in [3.05, 3.63) is 54.6 Å². The van der Waals surface area contributed by atoms with Crippen molar-refractivity contribution in [1.82, 2.24) is 5.32 Å². The molecule has 25 heavy (non-hydrogen) atoms. The summed E-state index contributed by atoms with van der Waals surface area (Å²) >= 11 is 0. The minimum atomic E-state index is -3.15. The summed E-state index contributed by atoms with van der Waals surface area (Å²) in [5.41, 5.74) is 0.766. The summed E-state index contributed by atoms with van der Waals surface area (Å²) < 4.78 is 29.6. The molecule has 1 atom stereocenters. The monoisotopic (exact) mass is 362 g/mol. The topological polar surface area (TPSA) is 65.0 Å². The molecule has 0 aliphatic carbocycles. The highest BCUT2D eigenvalue weighted by Crippen LogP contribution is 2.61. The van der Waals surface area contributed by atoms with Crippen LogP contribution in [0, 0.1) is 0 Å². The van der Waals surface area contributed by atoms with Crippen LogP contribution >= 0.6 is 10.8 Å². The van der Waals surface area contributed by atoms with Crippen LogP contribution in [-0.2, 0) is 0 Å². The van der Waals surface area contributed by atoms with E-state index in [0.717, 1.165) is 25.1 Å². The normalized spacial score (nSPS) is 19.8. The standard InChI is InChI=1S/C19H26N2O3S/c1-2-3-14-20-15-13-19-24-18-12-8-7-11-17(18)21(25(19,22)23)16-9-5-4-6-10-16/h4-12,19-20,22-23H,2-3,13-15H2,1H3. The van der Waals surface area contributed by atoms with Gasteiger partial charge in [-0.15, -0.1) is 0 Å². The molecule has 0 saturated heterocycles. The van der Waals surface area contributed by atoms with E-state index in [-0.39, 0.29) is 0 Å². The molecule has 0 bridgehead atoms. The molecule has 136 valence electrons. The molecule has 1 unspecified atom stereocenters. The third kappa shape index (κ3) is 3.93. The molecule has 0 saturated carbocycles. The number of hydrogen-bond acceptors (Lipinski definition) is 5. The summed E-state index contributed by atoms with van der Waals surface area (Å²) in [6, 6.07) is 17.0. The molecule has 1 heterocycles. The molecular weight excluding hydrogens is 336 g/mol. The van der Waals surface area contributed by atoms with Crippen molar-refractivity contribution in [2.45, 2.75) is 31.6 Å². The van der Waals surface area contributed by atoms with E-state index in [2.05, 4.69) is 12.2 Å². The summed E-state index contributed by atoms with van der Waals surface area (Å²) in [4.78, 5) is 0. The van der Waals surface area contributed by atoms with E-state index in [4.69, 9.17) is 4.74 Å². The van der Waals surface area contributed by atoms with Crippen LogP contribution in [0.2, 0.25) is 0 Å². The number of rotatable bonds is 7. The largest absolute Gasteiger partial charge is 0.466 e. The van der Waals surface area contributed by atoms with Gasteiger partial charge in [-0.2, -0.15) is 0 Å². The molecule has 3 N–H and O–H groups in total. The third-order valence-electron chi connectivity index (χ3n) is 4.22. The van der Waals surface area contributed by atoms with Gasteiger partial charge in [0.05, 0.1) is 5.69 Å². The predicted molar refractivity (Wildman–Crippen MR) is 105 cm³/mol. The van der Waals surface area contributed by atoms with Crippen LogP contribution in [0.25, 0.3) is 0 Å². The van der Waals surface area contributed by atoms with Gasteiger partial charge in [-0.25, -0.2) is 4.31 Å². The van der Waals surface area contributed by atoms with Gasteiger partial charge in [-0.3, -0.25) is 9.11 Å². The van der Waals surface area contributed by atoms with Gasteiger partial charge < -0.3 is 10.1 Å².